The van der Waals surface area contributed by atoms with E-state index in [1.165, 1.54) is 32.8 Å². The SMILES string of the molecule is COC(=O)N1CCO[C@H](c2cc(C)nc3cc([C@H]4CC[C@H](C)CC4)nn23)C1. The minimum absolute atomic E-state index is 0.235. The van der Waals surface area contributed by atoms with Crippen LogP contribution in [0.1, 0.15) is 61.7 Å². The van der Waals surface area contributed by atoms with Crippen molar-refractivity contribution >= 4 is 11.7 Å². The van der Waals surface area contributed by atoms with E-state index in [0.717, 1.165) is 28.6 Å². The number of rotatable bonds is 2. The maximum atomic E-state index is 11.9. The van der Waals surface area contributed by atoms with Gasteiger partial charge < -0.3 is 14.4 Å². The fourth-order valence-corrected chi connectivity index (χ4v) is 4.25. The highest BCUT2D eigenvalue weighted by atomic mass is 16.5. The molecule has 2 aliphatic rings. The number of aryl methyl sites for hydroxylation is 1. The molecular formula is C20H28N4O3. The molecule has 2 fully saturated rings. The van der Waals surface area contributed by atoms with Crippen LogP contribution in [0.5, 0.6) is 0 Å². The van der Waals surface area contributed by atoms with Crippen molar-refractivity contribution in [2.45, 2.75) is 51.6 Å². The van der Waals surface area contributed by atoms with E-state index in [0.29, 0.717) is 25.6 Å². The number of hydrogen-bond acceptors (Lipinski definition) is 5. The van der Waals surface area contributed by atoms with Crippen LogP contribution in [-0.4, -0.2) is 52.4 Å². The summed E-state index contributed by atoms with van der Waals surface area (Å²) in [5.41, 5.74) is 3.86. The van der Waals surface area contributed by atoms with Gasteiger partial charge in [0, 0.05) is 24.2 Å². The van der Waals surface area contributed by atoms with E-state index in [4.69, 9.17) is 14.6 Å². The van der Waals surface area contributed by atoms with Crippen LogP contribution in [0, 0.1) is 12.8 Å². The molecule has 0 unspecified atom stereocenters. The number of hydrogen-bond donors (Lipinski definition) is 0. The van der Waals surface area contributed by atoms with Gasteiger partial charge in [0.05, 0.1) is 31.6 Å². The molecule has 0 bridgehead atoms. The maximum Gasteiger partial charge on any atom is 0.409 e. The van der Waals surface area contributed by atoms with Gasteiger partial charge in [0.1, 0.15) is 6.10 Å². The summed E-state index contributed by atoms with van der Waals surface area (Å²) in [7, 11) is 1.41. The van der Waals surface area contributed by atoms with Crippen LogP contribution < -0.4 is 0 Å². The second kappa shape index (κ2) is 7.46. The summed E-state index contributed by atoms with van der Waals surface area (Å²) in [4.78, 5) is 18.3. The first kappa shape index (κ1) is 18.2. The normalized spacial score (nSPS) is 26.3. The highest BCUT2D eigenvalue weighted by Gasteiger charge is 2.29. The summed E-state index contributed by atoms with van der Waals surface area (Å²) in [6.07, 6.45) is 4.35. The molecule has 2 aromatic rings. The molecule has 1 atom stereocenters. The van der Waals surface area contributed by atoms with Gasteiger partial charge >= 0.3 is 6.09 Å². The number of ether oxygens (including phenoxy) is 2. The van der Waals surface area contributed by atoms with Gasteiger partial charge in [0.15, 0.2) is 5.65 Å². The van der Waals surface area contributed by atoms with Crippen LogP contribution in [0.25, 0.3) is 5.65 Å². The number of fused-ring (bicyclic) bond motifs is 1. The standard InChI is InChI=1S/C20H28N4O3/c1-13-4-6-15(7-5-13)16-11-19-21-14(2)10-17(24(19)22-16)18-12-23(8-9-27-18)20(25)26-3/h10-11,13,15,18H,4-9,12H2,1-3H3/t13-,15-,18-/m0/s1. The topological polar surface area (TPSA) is 69.0 Å². The quantitative estimate of drug-likeness (QED) is 0.807. The van der Waals surface area contributed by atoms with Crippen LogP contribution >= 0.6 is 0 Å². The Hall–Kier alpha value is -2.15. The molecule has 1 amide bonds. The van der Waals surface area contributed by atoms with Crippen molar-refractivity contribution in [1.29, 1.82) is 0 Å². The predicted octanol–water partition coefficient (Wildman–Crippen LogP) is 3.47. The monoisotopic (exact) mass is 372 g/mol. The summed E-state index contributed by atoms with van der Waals surface area (Å²) < 4.78 is 12.8. The fourth-order valence-electron chi connectivity index (χ4n) is 4.25. The van der Waals surface area contributed by atoms with Crippen LogP contribution in [-0.2, 0) is 9.47 Å². The molecule has 0 radical (unpaired) electrons. The third-order valence-corrected chi connectivity index (χ3v) is 5.86. The molecule has 1 aliphatic heterocycles. The highest BCUT2D eigenvalue weighted by molar-refractivity contribution is 5.67. The Bertz CT molecular complexity index is 826. The minimum atomic E-state index is -0.317. The van der Waals surface area contributed by atoms with Gasteiger partial charge in [-0.25, -0.2) is 14.3 Å². The third-order valence-electron chi connectivity index (χ3n) is 5.86. The predicted molar refractivity (Wildman–Crippen MR) is 101 cm³/mol. The van der Waals surface area contributed by atoms with E-state index in [1.807, 2.05) is 17.5 Å². The van der Waals surface area contributed by atoms with Crippen molar-refractivity contribution in [3.63, 3.8) is 0 Å². The van der Waals surface area contributed by atoms with Crippen molar-refractivity contribution in [1.82, 2.24) is 19.5 Å². The van der Waals surface area contributed by atoms with Gasteiger partial charge in [-0.2, -0.15) is 5.10 Å². The van der Waals surface area contributed by atoms with Gasteiger partial charge in [-0.05, 0) is 31.7 Å². The van der Waals surface area contributed by atoms with Crippen LogP contribution in [0.15, 0.2) is 12.1 Å². The number of carbonyl (C=O) groups excluding carboxylic acids is 1. The third kappa shape index (κ3) is 3.65. The Morgan fingerprint density at radius 1 is 1.26 bits per heavy atom. The van der Waals surface area contributed by atoms with Gasteiger partial charge in [-0.15, -0.1) is 0 Å². The van der Waals surface area contributed by atoms with E-state index >= 15 is 0 Å². The second-order valence-corrected chi connectivity index (χ2v) is 7.89. The lowest BCUT2D eigenvalue weighted by atomic mass is 9.81. The van der Waals surface area contributed by atoms with Gasteiger partial charge in [0.25, 0.3) is 0 Å². The van der Waals surface area contributed by atoms with Crippen LogP contribution in [0.2, 0.25) is 0 Å². The average Bonchev–Trinajstić information content (AvgIpc) is 3.11. The van der Waals surface area contributed by atoms with Gasteiger partial charge in [0.2, 0.25) is 0 Å². The van der Waals surface area contributed by atoms with E-state index in [-0.39, 0.29) is 12.2 Å². The molecule has 1 aliphatic carbocycles. The molecule has 27 heavy (non-hydrogen) atoms. The second-order valence-electron chi connectivity index (χ2n) is 7.89. The molecule has 0 N–H and O–H groups in total. The summed E-state index contributed by atoms with van der Waals surface area (Å²) in [5.74, 6) is 1.32. The van der Waals surface area contributed by atoms with Gasteiger partial charge in [-0.1, -0.05) is 19.8 Å². The van der Waals surface area contributed by atoms with Crippen molar-refractivity contribution in [2.75, 3.05) is 26.8 Å². The molecule has 7 heteroatoms. The van der Waals surface area contributed by atoms with E-state index in [1.54, 1.807) is 4.90 Å². The molecule has 3 heterocycles. The lowest BCUT2D eigenvalue weighted by Crippen LogP contribution is -2.42. The largest absolute Gasteiger partial charge is 0.453 e. The minimum Gasteiger partial charge on any atom is -0.453 e. The molecule has 4 rings (SSSR count). The molecule has 0 spiro atoms. The Balaban J connectivity index is 1.65. The average molecular weight is 372 g/mol. The first-order valence-electron chi connectivity index (χ1n) is 9.87. The zero-order chi connectivity index (χ0) is 19.0. The smallest absolute Gasteiger partial charge is 0.409 e. The number of morpholine rings is 1. The summed E-state index contributed by atoms with van der Waals surface area (Å²) in [6.45, 7) is 5.80. The van der Waals surface area contributed by atoms with Crippen molar-refractivity contribution in [3.05, 3.63) is 29.2 Å². The van der Waals surface area contributed by atoms with E-state index in [9.17, 15) is 4.79 Å². The summed E-state index contributed by atoms with van der Waals surface area (Å²) in [6, 6.07) is 4.14. The molecule has 1 saturated heterocycles. The zero-order valence-corrected chi connectivity index (χ0v) is 16.4. The van der Waals surface area contributed by atoms with Gasteiger partial charge in [-0.3, -0.25) is 0 Å². The lowest BCUT2D eigenvalue weighted by molar-refractivity contribution is -0.0287. The summed E-state index contributed by atoms with van der Waals surface area (Å²) >= 11 is 0. The Labute approximate surface area is 159 Å². The summed E-state index contributed by atoms with van der Waals surface area (Å²) in [5, 5.41) is 4.91. The maximum absolute atomic E-state index is 11.9. The first-order chi connectivity index (χ1) is 13.0. The number of amides is 1. The van der Waals surface area contributed by atoms with E-state index < -0.39 is 0 Å². The molecule has 2 aromatic heterocycles. The number of nitrogens with zero attached hydrogens (tertiary/aromatic N) is 4. The van der Waals surface area contributed by atoms with Crippen LogP contribution in [0.3, 0.4) is 0 Å². The van der Waals surface area contributed by atoms with Crippen LogP contribution in [0.4, 0.5) is 4.79 Å². The molecule has 7 nitrogen and oxygen atoms in total. The number of methoxy groups -OCH3 is 1. The molecular weight excluding hydrogens is 344 g/mol. The lowest BCUT2D eigenvalue weighted by Gasteiger charge is -2.32. The zero-order valence-electron chi connectivity index (χ0n) is 16.4. The molecule has 146 valence electrons. The first-order valence-corrected chi connectivity index (χ1v) is 9.87. The highest BCUT2D eigenvalue weighted by Crippen LogP contribution is 2.35. The molecule has 0 aromatic carbocycles. The van der Waals surface area contributed by atoms with Crippen molar-refractivity contribution in [2.24, 2.45) is 5.92 Å². The Kier molecular flexibility index (Phi) is 5.04. The number of carbonyl (C=O) groups is 1. The van der Waals surface area contributed by atoms with E-state index in [2.05, 4.69) is 18.0 Å². The van der Waals surface area contributed by atoms with Crippen molar-refractivity contribution in [3.8, 4) is 0 Å². The van der Waals surface area contributed by atoms with Crippen molar-refractivity contribution < 1.29 is 14.3 Å². The fraction of sp³-hybridized carbons (Fsp3) is 0.650. The Morgan fingerprint density at radius 3 is 2.78 bits per heavy atom. The Morgan fingerprint density at radius 2 is 2.04 bits per heavy atom. The molecule has 1 saturated carbocycles. The number of aromatic nitrogens is 3.